The average molecular weight is 466 g/mol. The molecule has 1 aliphatic heterocycles. The number of anilines is 2. The van der Waals surface area contributed by atoms with Crippen LogP contribution in [0.4, 0.5) is 10.8 Å². The molecular weight excluding hydrogens is 442 g/mol. The number of ether oxygens (including phenoxy) is 3. The van der Waals surface area contributed by atoms with Crippen molar-refractivity contribution in [2.24, 2.45) is 0 Å². The number of fused-ring (bicyclic) bond motifs is 1. The second-order valence-electron chi connectivity index (χ2n) is 7.16. The summed E-state index contributed by atoms with van der Waals surface area (Å²) < 4.78 is 16.4. The largest absolute Gasteiger partial charge is 0.493 e. The van der Waals surface area contributed by atoms with E-state index in [1.54, 1.807) is 44.4 Å². The number of carbonyl (C=O) groups is 2. The maximum atomic E-state index is 12.4. The van der Waals surface area contributed by atoms with Gasteiger partial charge in [-0.3, -0.25) is 14.9 Å². The van der Waals surface area contributed by atoms with Crippen LogP contribution >= 0.6 is 11.3 Å². The number of benzene rings is 2. The van der Waals surface area contributed by atoms with E-state index in [1.165, 1.54) is 17.4 Å². The van der Waals surface area contributed by atoms with Crippen molar-refractivity contribution < 1.29 is 23.8 Å². The summed E-state index contributed by atoms with van der Waals surface area (Å²) in [6.45, 7) is 4.14. The van der Waals surface area contributed by atoms with Crippen molar-refractivity contribution in [3.05, 3.63) is 53.4 Å². The second-order valence-corrected chi connectivity index (χ2v) is 8.02. The maximum Gasteiger partial charge on any atom is 0.265 e. The van der Waals surface area contributed by atoms with Crippen LogP contribution in [-0.4, -0.2) is 36.6 Å². The fraction of sp³-hybridized carbons (Fsp3) is 0.208. The smallest absolute Gasteiger partial charge is 0.265 e. The van der Waals surface area contributed by atoms with E-state index in [9.17, 15) is 9.59 Å². The summed E-state index contributed by atoms with van der Waals surface area (Å²) in [7, 11) is 1.57. The topological polar surface area (TPSA) is 98.8 Å². The van der Waals surface area contributed by atoms with Crippen LogP contribution in [-0.2, 0) is 9.59 Å². The van der Waals surface area contributed by atoms with E-state index in [4.69, 9.17) is 14.2 Å². The van der Waals surface area contributed by atoms with Crippen molar-refractivity contribution in [2.45, 2.75) is 20.0 Å². The minimum atomic E-state index is -0.527. The Hall–Kier alpha value is -3.85. The summed E-state index contributed by atoms with van der Waals surface area (Å²) >= 11 is 1.31. The van der Waals surface area contributed by atoms with Crippen LogP contribution in [0.1, 0.15) is 19.4 Å². The predicted molar refractivity (Wildman–Crippen MR) is 128 cm³/mol. The number of nitrogens with one attached hydrogen (secondary N) is 2. The minimum Gasteiger partial charge on any atom is -0.493 e. The van der Waals surface area contributed by atoms with Crippen molar-refractivity contribution >= 4 is 40.0 Å². The Bertz CT molecular complexity index is 1220. The minimum absolute atomic E-state index is 0.192. The highest BCUT2D eigenvalue weighted by atomic mass is 32.1. The predicted octanol–water partition coefficient (Wildman–Crippen LogP) is 4.59. The molecule has 0 radical (unpaired) electrons. The molecule has 0 saturated carbocycles. The SMILES string of the molecule is CCOc1ccc(/C=C/C(=O)Nc2nc(-c3ccc4c(c3)NC(=O)[C@@H](C)O4)cs2)cc1OC. The Morgan fingerprint density at radius 2 is 2.12 bits per heavy atom. The first kappa shape index (κ1) is 22.3. The van der Waals surface area contributed by atoms with E-state index < -0.39 is 6.10 Å². The molecule has 1 aromatic heterocycles. The van der Waals surface area contributed by atoms with Crippen LogP contribution in [0.15, 0.2) is 47.9 Å². The van der Waals surface area contributed by atoms with Crippen LogP contribution in [0.3, 0.4) is 0 Å². The van der Waals surface area contributed by atoms with Gasteiger partial charge in [0.1, 0.15) is 5.75 Å². The molecule has 8 nitrogen and oxygen atoms in total. The third-order valence-electron chi connectivity index (χ3n) is 4.86. The third-order valence-corrected chi connectivity index (χ3v) is 5.61. The van der Waals surface area contributed by atoms with Crippen molar-refractivity contribution in [3.8, 4) is 28.5 Å². The summed E-state index contributed by atoms with van der Waals surface area (Å²) in [5.74, 6) is 1.38. The fourth-order valence-corrected chi connectivity index (χ4v) is 3.94. The lowest BCUT2D eigenvalue weighted by molar-refractivity contribution is -0.122. The Kier molecular flexibility index (Phi) is 6.60. The van der Waals surface area contributed by atoms with E-state index in [0.29, 0.717) is 40.4 Å². The summed E-state index contributed by atoms with van der Waals surface area (Å²) in [4.78, 5) is 28.7. The Balaban J connectivity index is 1.42. The van der Waals surface area contributed by atoms with Gasteiger partial charge in [-0.25, -0.2) is 4.98 Å². The summed E-state index contributed by atoms with van der Waals surface area (Å²) in [6.07, 6.45) is 2.60. The summed E-state index contributed by atoms with van der Waals surface area (Å²) in [6, 6.07) is 10.9. The van der Waals surface area contributed by atoms with E-state index in [-0.39, 0.29) is 11.8 Å². The number of hydrogen-bond acceptors (Lipinski definition) is 7. The monoisotopic (exact) mass is 465 g/mol. The van der Waals surface area contributed by atoms with Gasteiger partial charge in [-0.05, 0) is 55.8 Å². The van der Waals surface area contributed by atoms with Crippen LogP contribution in [0, 0.1) is 0 Å². The molecule has 0 fully saturated rings. The van der Waals surface area contributed by atoms with Gasteiger partial charge in [0.25, 0.3) is 5.91 Å². The third kappa shape index (κ3) is 5.15. The molecule has 0 bridgehead atoms. The van der Waals surface area contributed by atoms with Crippen molar-refractivity contribution in [1.82, 2.24) is 4.98 Å². The lowest BCUT2D eigenvalue weighted by Gasteiger charge is -2.23. The summed E-state index contributed by atoms with van der Waals surface area (Å²) in [5.41, 5.74) is 2.90. The van der Waals surface area contributed by atoms with Gasteiger partial charge in [-0.15, -0.1) is 11.3 Å². The van der Waals surface area contributed by atoms with Gasteiger partial charge in [-0.1, -0.05) is 6.07 Å². The lowest BCUT2D eigenvalue weighted by Crippen LogP contribution is -2.34. The zero-order chi connectivity index (χ0) is 23.4. The Morgan fingerprint density at radius 1 is 1.27 bits per heavy atom. The van der Waals surface area contributed by atoms with Crippen LogP contribution in [0.25, 0.3) is 17.3 Å². The molecule has 2 N–H and O–H groups in total. The van der Waals surface area contributed by atoms with E-state index in [0.717, 1.165) is 11.1 Å². The van der Waals surface area contributed by atoms with Gasteiger partial charge < -0.3 is 19.5 Å². The normalized spacial score (nSPS) is 14.9. The molecule has 0 unspecified atom stereocenters. The molecule has 170 valence electrons. The molecule has 2 amide bonds. The zero-order valence-corrected chi connectivity index (χ0v) is 19.2. The number of carbonyl (C=O) groups excluding carboxylic acids is 2. The highest BCUT2D eigenvalue weighted by molar-refractivity contribution is 7.14. The first-order valence-corrected chi connectivity index (χ1v) is 11.2. The standard InChI is InChI=1S/C24H23N3O5S/c1-4-31-20-8-5-15(11-21(20)30-3)6-10-22(28)27-24-26-18(13-33-24)16-7-9-19-17(12-16)25-23(29)14(2)32-19/h5-14H,4H2,1-3H3,(H,25,29)(H,26,27,28)/b10-6+/t14-/m1/s1. The molecular formula is C24H23N3O5S. The molecule has 9 heteroatoms. The molecule has 0 saturated heterocycles. The van der Waals surface area contributed by atoms with Gasteiger partial charge in [0.15, 0.2) is 22.7 Å². The molecule has 33 heavy (non-hydrogen) atoms. The van der Waals surface area contributed by atoms with Crippen molar-refractivity contribution in [2.75, 3.05) is 24.4 Å². The lowest BCUT2D eigenvalue weighted by atomic mass is 10.1. The van der Waals surface area contributed by atoms with Gasteiger partial charge >= 0.3 is 0 Å². The molecule has 0 spiro atoms. The number of methoxy groups -OCH3 is 1. The quantitative estimate of drug-likeness (QED) is 0.495. The summed E-state index contributed by atoms with van der Waals surface area (Å²) in [5, 5.41) is 7.90. The van der Waals surface area contributed by atoms with E-state index in [2.05, 4.69) is 15.6 Å². The number of rotatable bonds is 7. The Labute approximate surface area is 195 Å². The van der Waals surface area contributed by atoms with Crippen LogP contribution in [0.5, 0.6) is 17.2 Å². The van der Waals surface area contributed by atoms with E-state index in [1.807, 2.05) is 24.4 Å². The van der Waals surface area contributed by atoms with Gasteiger partial charge in [0.05, 0.1) is 25.1 Å². The number of thiazole rings is 1. The molecule has 2 heterocycles. The molecule has 4 rings (SSSR count). The van der Waals surface area contributed by atoms with E-state index >= 15 is 0 Å². The fourth-order valence-electron chi connectivity index (χ4n) is 3.21. The van der Waals surface area contributed by atoms with Gasteiger partial charge in [-0.2, -0.15) is 0 Å². The number of nitrogens with zero attached hydrogens (tertiary/aromatic N) is 1. The maximum absolute atomic E-state index is 12.4. The zero-order valence-electron chi connectivity index (χ0n) is 18.4. The van der Waals surface area contributed by atoms with Crippen LogP contribution in [0.2, 0.25) is 0 Å². The molecule has 1 aliphatic rings. The number of aromatic nitrogens is 1. The van der Waals surface area contributed by atoms with Gasteiger partial charge in [0.2, 0.25) is 5.91 Å². The highest BCUT2D eigenvalue weighted by Gasteiger charge is 2.23. The number of amides is 2. The van der Waals surface area contributed by atoms with Crippen LogP contribution < -0.4 is 24.8 Å². The average Bonchev–Trinajstić information content (AvgIpc) is 3.27. The van der Waals surface area contributed by atoms with Crippen molar-refractivity contribution in [1.29, 1.82) is 0 Å². The van der Waals surface area contributed by atoms with Crippen molar-refractivity contribution in [3.63, 3.8) is 0 Å². The first-order valence-electron chi connectivity index (χ1n) is 10.3. The first-order chi connectivity index (χ1) is 16.0. The molecule has 2 aromatic carbocycles. The number of hydrogen-bond donors (Lipinski definition) is 2. The molecule has 0 aliphatic carbocycles. The second kappa shape index (κ2) is 9.74. The van der Waals surface area contributed by atoms with Gasteiger partial charge in [0, 0.05) is 17.0 Å². The highest BCUT2D eigenvalue weighted by Crippen LogP contribution is 2.35. The molecule has 3 aromatic rings. The molecule has 1 atom stereocenters. The Morgan fingerprint density at radius 3 is 2.91 bits per heavy atom.